The molecule has 0 aliphatic carbocycles. The van der Waals surface area contributed by atoms with E-state index in [0.717, 1.165) is 24.5 Å². The molecule has 0 amide bonds. The zero-order chi connectivity index (χ0) is 16.9. The second kappa shape index (κ2) is 7.90. The van der Waals surface area contributed by atoms with E-state index in [4.69, 9.17) is 21.1 Å². The number of methoxy groups -OCH3 is 2. The van der Waals surface area contributed by atoms with Crippen molar-refractivity contribution in [1.29, 1.82) is 0 Å². The fourth-order valence-corrected chi connectivity index (χ4v) is 3.44. The third-order valence-electron chi connectivity index (χ3n) is 4.54. The van der Waals surface area contributed by atoms with Gasteiger partial charge in [-0.3, -0.25) is 0 Å². The average Bonchev–Trinajstić information content (AvgIpc) is 3.09. The van der Waals surface area contributed by atoms with Crippen LogP contribution < -0.4 is 9.47 Å². The Kier molecular flexibility index (Phi) is 5.63. The monoisotopic (exact) mass is 349 g/mol. The summed E-state index contributed by atoms with van der Waals surface area (Å²) < 4.78 is 12.9. The Balaban J connectivity index is 1.82. The summed E-state index contributed by atoms with van der Waals surface area (Å²) in [5, 5.41) is 0.555. The lowest BCUT2D eigenvalue weighted by Gasteiger charge is -2.26. The summed E-state index contributed by atoms with van der Waals surface area (Å²) in [6, 6.07) is 3.67. The highest BCUT2D eigenvalue weighted by atomic mass is 35.5. The molecule has 0 radical (unpaired) electrons. The van der Waals surface area contributed by atoms with Crippen molar-refractivity contribution >= 4 is 11.6 Å². The van der Waals surface area contributed by atoms with Crippen LogP contribution in [0.1, 0.15) is 19.3 Å². The standard InChI is InChI=1S/C18H24ClN3O2/c1-23-16-13-17(24-2)15(19)12-14(16)18-20-6-9-22(18)11-10-21-7-4-3-5-8-21/h6,9,12-13H,3-5,7-8,10-11H2,1-2H3. The van der Waals surface area contributed by atoms with Gasteiger partial charge in [-0.1, -0.05) is 18.0 Å². The van der Waals surface area contributed by atoms with Crippen LogP contribution in [0.25, 0.3) is 11.4 Å². The first-order valence-electron chi connectivity index (χ1n) is 8.38. The van der Waals surface area contributed by atoms with E-state index in [2.05, 4.69) is 14.5 Å². The minimum atomic E-state index is 0.555. The highest BCUT2D eigenvalue weighted by Gasteiger charge is 2.17. The number of hydrogen-bond acceptors (Lipinski definition) is 4. The van der Waals surface area contributed by atoms with Gasteiger partial charge in [0.05, 0.1) is 24.8 Å². The molecule has 1 saturated heterocycles. The number of benzene rings is 1. The van der Waals surface area contributed by atoms with Crippen LogP contribution in [0, 0.1) is 0 Å². The summed E-state index contributed by atoms with van der Waals surface area (Å²) in [5.41, 5.74) is 0.881. The molecule has 2 aromatic rings. The molecular weight excluding hydrogens is 326 g/mol. The number of rotatable bonds is 6. The first-order chi connectivity index (χ1) is 11.7. The van der Waals surface area contributed by atoms with Crippen LogP contribution in [-0.4, -0.2) is 48.3 Å². The van der Waals surface area contributed by atoms with Gasteiger partial charge >= 0.3 is 0 Å². The van der Waals surface area contributed by atoms with Crippen molar-refractivity contribution in [2.24, 2.45) is 0 Å². The molecule has 0 atom stereocenters. The number of piperidine rings is 1. The maximum absolute atomic E-state index is 6.30. The zero-order valence-corrected chi connectivity index (χ0v) is 15.1. The molecule has 24 heavy (non-hydrogen) atoms. The molecule has 2 heterocycles. The van der Waals surface area contributed by atoms with E-state index in [9.17, 15) is 0 Å². The summed E-state index contributed by atoms with van der Waals surface area (Å²) in [6.45, 7) is 4.33. The van der Waals surface area contributed by atoms with Crippen molar-refractivity contribution < 1.29 is 9.47 Å². The molecule has 0 saturated carbocycles. The SMILES string of the molecule is COc1cc(OC)c(-c2nccn2CCN2CCCCC2)cc1Cl. The van der Waals surface area contributed by atoms with Crippen LogP contribution in [0.5, 0.6) is 11.5 Å². The van der Waals surface area contributed by atoms with Gasteiger partial charge in [0, 0.05) is 31.5 Å². The zero-order valence-electron chi connectivity index (χ0n) is 14.3. The molecule has 1 fully saturated rings. The average molecular weight is 350 g/mol. The fourth-order valence-electron chi connectivity index (χ4n) is 3.20. The van der Waals surface area contributed by atoms with Crippen LogP contribution in [-0.2, 0) is 6.54 Å². The van der Waals surface area contributed by atoms with Gasteiger partial charge in [-0.25, -0.2) is 4.98 Å². The first-order valence-corrected chi connectivity index (χ1v) is 8.76. The smallest absolute Gasteiger partial charge is 0.143 e. The molecule has 5 nitrogen and oxygen atoms in total. The Morgan fingerprint density at radius 3 is 2.50 bits per heavy atom. The molecule has 0 spiro atoms. The summed E-state index contributed by atoms with van der Waals surface area (Å²) >= 11 is 6.30. The molecular formula is C18H24ClN3O2. The number of aromatic nitrogens is 2. The number of likely N-dealkylation sites (tertiary alicyclic amines) is 1. The van der Waals surface area contributed by atoms with Gasteiger partial charge < -0.3 is 18.9 Å². The minimum absolute atomic E-state index is 0.555. The third-order valence-corrected chi connectivity index (χ3v) is 4.83. The quantitative estimate of drug-likeness (QED) is 0.797. The first kappa shape index (κ1) is 17.1. The van der Waals surface area contributed by atoms with Crippen molar-refractivity contribution in [1.82, 2.24) is 14.5 Å². The maximum atomic E-state index is 6.30. The van der Waals surface area contributed by atoms with E-state index < -0.39 is 0 Å². The number of nitrogens with zero attached hydrogens (tertiary/aromatic N) is 3. The van der Waals surface area contributed by atoms with Gasteiger partial charge in [0.15, 0.2) is 0 Å². The Morgan fingerprint density at radius 2 is 1.79 bits per heavy atom. The Labute approximate surface area is 148 Å². The molecule has 6 heteroatoms. The van der Waals surface area contributed by atoms with E-state index in [0.29, 0.717) is 16.5 Å². The van der Waals surface area contributed by atoms with Crippen LogP contribution >= 0.6 is 11.6 Å². The van der Waals surface area contributed by atoms with Gasteiger partial charge in [-0.2, -0.15) is 0 Å². The molecule has 1 aliphatic heterocycles. The Hall–Kier alpha value is -1.72. The topological polar surface area (TPSA) is 39.5 Å². The minimum Gasteiger partial charge on any atom is -0.496 e. The van der Waals surface area contributed by atoms with Gasteiger partial charge in [-0.15, -0.1) is 0 Å². The van der Waals surface area contributed by atoms with Crippen molar-refractivity contribution in [2.45, 2.75) is 25.8 Å². The normalized spacial score (nSPS) is 15.5. The lowest BCUT2D eigenvalue weighted by Crippen LogP contribution is -2.32. The largest absolute Gasteiger partial charge is 0.496 e. The predicted octanol–water partition coefficient (Wildman–Crippen LogP) is 3.71. The number of halogens is 1. The van der Waals surface area contributed by atoms with Crippen molar-refractivity contribution in [3.63, 3.8) is 0 Å². The van der Waals surface area contributed by atoms with Crippen LogP contribution in [0.2, 0.25) is 5.02 Å². The second-order valence-corrected chi connectivity index (χ2v) is 6.44. The van der Waals surface area contributed by atoms with E-state index in [1.165, 1.54) is 32.4 Å². The third kappa shape index (κ3) is 3.68. The molecule has 0 N–H and O–H groups in total. The maximum Gasteiger partial charge on any atom is 0.143 e. The van der Waals surface area contributed by atoms with Crippen LogP contribution in [0.4, 0.5) is 0 Å². The second-order valence-electron chi connectivity index (χ2n) is 6.03. The summed E-state index contributed by atoms with van der Waals surface area (Å²) in [7, 11) is 3.24. The van der Waals surface area contributed by atoms with Gasteiger partial charge in [0.2, 0.25) is 0 Å². The number of imidazole rings is 1. The van der Waals surface area contributed by atoms with E-state index in [-0.39, 0.29) is 0 Å². The Bertz CT molecular complexity index is 681. The van der Waals surface area contributed by atoms with E-state index in [1.807, 2.05) is 18.5 Å². The lowest BCUT2D eigenvalue weighted by atomic mass is 10.1. The van der Waals surface area contributed by atoms with Gasteiger partial charge in [-0.05, 0) is 32.0 Å². The fraction of sp³-hybridized carbons (Fsp3) is 0.500. The molecule has 130 valence electrons. The Morgan fingerprint density at radius 1 is 1.04 bits per heavy atom. The van der Waals surface area contributed by atoms with Crippen molar-refractivity contribution in [3.8, 4) is 22.9 Å². The van der Waals surface area contributed by atoms with Gasteiger partial charge in [0.1, 0.15) is 17.3 Å². The molecule has 1 aliphatic rings. The summed E-state index contributed by atoms with van der Waals surface area (Å²) in [6.07, 6.45) is 7.80. The van der Waals surface area contributed by atoms with Crippen molar-refractivity contribution in [3.05, 3.63) is 29.5 Å². The predicted molar refractivity (Wildman–Crippen MR) is 96.1 cm³/mol. The highest BCUT2D eigenvalue weighted by Crippen LogP contribution is 2.37. The molecule has 1 aromatic carbocycles. The number of ether oxygens (including phenoxy) is 2. The van der Waals surface area contributed by atoms with Crippen molar-refractivity contribution in [2.75, 3.05) is 33.9 Å². The van der Waals surface area contributed by atoms with E-state index in [1.54, 1.807) is 20.3 Å². The molecule has 0 unspecified atom stereocenters. The van der Waals surface area contributed by atoms with Crippen LogP contribution in [0.15, 0.2) is 24.5 Å². The lowest BCUT2D eigenvalue weighted by molar-refractivity contribution is 0.221. The van der Waals surface area contributed by atoms with E-state index >= 15 is 0 Å². The summed E-state index contributed by atoms with van der Waals surface area (Å²) in [5.74, 6) is 2.18. The van der Waals surface area contributed by atoms with Gasteiger partial charge in [0.25, 0.3) is 0 Å². The molecule has 0 bridgehead atoms. The van der Waals surface area contributed by atoms with Crippen LogP contribution in [0.3, 0.4) is 0 Å². The number of hydrogen-bond donors (Lipinski definition) is 0. The summed E-state index contributed by atoms with van der Waals surface area (Å²) in [4.78, 5) is 7.04. The molecule has 1 aromatic heterocycles. The molecule has 3 rings (SSSR count). The highest BCUT2D eigenvalue weighted by molar-refractivity contribution is 6.32.